The molecule has 0 aliphatic carbocycles. The van der Waals surface area contributed by atoms with Crippen molar-refractivity contribution in [3.63, 3.8) is 0 Å². The minimum absolute atomic E-state index is 0.0804. The molecule has 5 nitrogen and oxygen atoms in total. The summed E-state index contributed by atoms with van der Waals surface area (Å²) in [7, 11) is 1.66. The number of benzene rings is 2. The van der Waals surface area contributed by atoms with E-state index in [9.17, 15) is 22.8 Å². The molecule has 0 spiro atoms. The molecule has 1 aliphatic rings. The number of H-pyrrole nitrogens is 1. The summed E-state index contributed by atoms with van der Waals surface area (Å²) in [4.78, 5) is 30.4. The number of alkyl halides is 3. The number of hydrogen-bond acceptors (Lipinski definition) is 2. The second kappa shape index (κ2) is 6.80. The molecule has 0 atom stereocenters. The number of pyridine rings is 1. The zero-order chi connectivity index (χ0) is 20.8. The van der Waals surface area contributed by atoms with E-state index in [4.69, 9.17) is 0 Å². The summed E-state index contributed by atoms with van der Waals surface area (Å²) < 4.78 is 40.0. The predicted octanol–water partition coefficient (Wildman–Crippen LogP) is 4.60. The summed E-state index contributed by atoms with van der Waals surface area (Å²) in [5, 5.41) is 0.761. The van der Waals surface area contributed by atoms with Crippen molar-refractivity contribution in [2.75, 3.05) is 18.5 Å². The van der Waals surface area contributed by atoms with Gasteiger partial charge in [0, 0.05) is 36.4 Å². The van der Waals surface area contributed by atoms with Crippen LogP contribution in [0.2, 0.25) is 0 Å². The maximum absolute atomic E-state index is 13.3. The second-order valence-electron chi connectivity index (χ2n) is 6.74. The lowest BCUT2D eigenvalue weighted by Gasteiger charge is -2.28. The van der Waals surface area contributed by atoms with Gasteiger partial charge in [0.25, 0.3) is 5.56 Å². The first-order chi connectivity index (χ1) is 13.8. The Labute approximate surface area is 163 Å². The number of hydrogen-bond donors (Lipinski definition) is 1. The van der Waals surface area contributed by atoms with Gasteiger partial charge in [0.15, 0.2) is 0 Å². The average Bonchev–Trinajstić information content (AvgIpc) is 2.69. The highest BCUT2D eigenvalue weighted by molar-refractivity contribution is 5.97. The molecule has 2 aromatic carbocycles. The first-order valence-corrected chi connectivity index (χ1v) is 8.80. The summed E-state index contributed by atoms with van der Waals surface area (Å²) in [6, 6.07) is 11.2. The molecule has 1 aliphatic heterocycles. The Bertz CT molecular complexity index is 1200. The lowest BCUT2D eigenvalue weighted by Crippen LogP contribution is -2.41. The summed E-state index contributed by atoms with van der Waals surface area (Å²) >= 11 is 0. The third kappa shape index (κ3) is 3.37. The first-order valence-electron chi connectivity index (χ1n) is 8.80. The van der Waals surface area contributed by atoms with Gasteiger partial charge in [-0.1, -0.05) is 24.3 Å². The molecule has 0 saturated heterocycles. The number of carbonyl (C=O) groups excluding carboxylic acids is 1. The molecule has 148 valence electrons. The van der Waals surface area contributed by atoms with Crippen molar-refractivity contribution in [2.24, 2.45) is 0 Å². The molecule has 3 aromatic rings. The summed E-state index contributed by atoms with van der Waals surface area (Å²) in [6.07, 6.45) is -1.10. The minimum atomic E-state index is -4.54. The summed E-state index contributed by atoms with van der Waals surface area (Å²) in [5.74, 6) is 0. The van der Waals surface area contributed by atoms with Crippen molar-refractivity contribution in [1.82, 2.24) is 9.88 Å². The maximum atomic E-state index is 13.3. The number of amides is 2. The normalized spacial score (nSPS) is 14.7. The fourth-order valence-corrected chi connectivity index (χ4v) is 3.34. The molecule has 4 rings (SSSR count). The van der Waals surface area contributed by atoms with Crippen LogP contribution in [0.5, 0.6) is 0 Å². The van der Waals surface area contributed by atoms with Crippen LogP contribution in [-0.2, 0) is 6.18 Å². The van der Waals surface area contributed by atoms with Crippen LogP contribution in [0.1, 0.15) is 5.56 Å². The number of aromatic nitrogens is 1. The van der Waals surface area contributed by atoms with Crippen molar-refractivity contribution < 1.29 is 18.0 Å². The van der Waals surface area contributed by atoms with Gasteiger partial charge < -0.3 is 9.88 Å². The van der Waals surface area contributed by atoms with Crippen LogP contribution in [0.15, 0.2) is 65.6 Å². The van der Waals surface area contributed by atoms with Gasteiger partial charge in [-0.3, -0.25) is 9.69 Å². The van der Waals surface area contributed by atoms with Crippen LogP contribution < -0.4 is 10.5 Å². The van der Waals surface area contributed by atoms with E-state index in [1.807, 2.05) is 6.08 Å². The summed E-state index contributed by atoms with van der Waals surface area (Å²) in [5.41, 5.74) is -0.869. The monoisotopic (exact) mass is 399 g/mol. The van der Waals surface area contributed by atoms with E-state index >= 15 is 0 Å². The van der Waals surface area contributed by atoms with Crippen LogP contribution in [-0.4, -0.2) is 29.5 Å². The van der Waals surface area contributed by atoms with Gasteiger partial charge in [-0.15, -0.1) is 0 Å². The third-order valence-electron chi connectivity index (χ3n) is 4.80. The molecular weight excluding hydrogens is 383 g/mol. The molecule has 0 unspecified atom stereocenters. The first kappa shape index (κ1) is 18.8. The molecule has 0 bridgehead atoms. The van der Waals surface area contributed by atoms with Crippen molar-refractivity contribution in [3.05, 3.63) is 76.7 Å². The number of nitrogens with zero attached hydrogens (tertiary/aromatic N) is 2. The van der Waals surface area contributed by atoms with E-state index in [1.54, 1.807) is 31.4 Å². The van der Waals surface area contributed by atoms with Crippen molar-refractivity contribution in [2.45, 2.75) is 6.18 Å². The van der Waals surface area contributed by atoms with Gasteiger partial charge in [0.1, 0.15) is 0 Å². The molecule has 2 amide bonds. The quantitative estimate of drug-likeness (QED) is 0.685. The predicted molar refractivity (Wildman–Crippen MR) is 105 cm³/mol. The Balaban J connectivity index is 1.83. The zero-order valence-electron chi connectivity index (χ0n) is 15.3. The Kier molecular flexibility index (Phi) is 4.41. The lowest BCUT2D eigenvalue weighted by atomic mass is 10.0. The zero-order valence-corrected chi connectivity index (χ0v) is 15.3. The SMILES string of the molecule is CN1CC=CN(c2ccc3cc(-c4ccccc4C(F)(F)F)[nH]c(=O)c3c2)C1=O. The second-order valence-corrected chi connectivity index (χ2v) is 6.74. The van der Waals surface area contributed by atoms with E-state index in [2.05, 4.69) is 4.98 Å². The average molecular weight is 399 g/mol. The van der Waals surface area contributed by atoms with Crippen LogP contribution >= 0.6 is 0 Å². The fourth-order valence-electron chi connectivity index (χ4n) is 3.34. The van der Waals surface area contributed by atoms with E-state index in [1.165, 1.54) is 34.1 Å². The number of halogens is 3. The van der Waals surface area contributed by atoms with Crippen molar-refractivity contribution in [1.29, 1.82) is 0 Å². The van der Waals surface area contributed by atoms with Crippen LogP contribution in [0.4, 0.5) is 23.7 Å². The largest absolute Gasteiger partial charge is 0.417 e. The number of likely N-dealkylation sites (N-methyl/N-ethyl adjacent to an activating group) is 1. The topological polar surface area (TPSA) is 56.4 Å². The van der Waals surface area contributed by atoms with Gasteiger partial charge >= 0.3 is 12.2 Å². The number of urea groups is 1. The maximum Gasteiger partial charge on any atom is 0.417 e. The Morgan fingerprint density at radius 1 is 1.03 bits per heavy atom. The minimum Gasteiger partial charge on any atom is -0.323 e. The number of fused-ring (bicyclic) bond motifs is 1. The molecular formula is C21H16F3N3O2. The van der Waals surface area contributed by atoms with E-state index < -0.39 is 17.3 Å². The van der Waals surface area contributed by atoms with Gasteiger partial charge in [-0.25, -0.2) is 4.79 Å². The molecule has 8 heteroatoms. The number of nitrogens with one attached hydrogen (secondary N) is 1. The highest BCUT2D eigenvalue weighted by atomic mass is 19.4. The third-order valence-corrected chi connectivity index (χ3v) is 4.80. The Hall–Kier alpha value is -3.55. The molecule has 0 fully saturated rings. The van der Waals surface area contributed by atoms with Crippen molar-refractivity contribution in [3.8, 4) is 11.3 Å². The van der Waals surface area contributed by atoms with E-state index in [-0.39, 0.29) is 22.7 Å². The standard InChI is InChI=1S/C21H16F3N3O2/c1-26-9-4-10-27(20(26)29)14-8-7-13-11-18(25-19(28)16(13)12-14)15-5-2-3-6-17(15)21(22,23)24/h2-8,10-12H,9H2,1H3,(H,25,28). The van der Waals surface area contributed by atoms with E-state index in [0.29, 0.717) is 17.6 Å². The van der Waals surface area contributed by atoms with Gasteiger partial charge in [0.05, 0.1) is 11.3 Å². The number of aromatic amines is 1. The lowest BCUT2D eigenvalue weighted by molar-refractivity contribution is -0.137. The molecule has 2 heterocycles. The summed E-state index contributed by atoms with van der Waals surface area (Å²) in [6.45, 7) is 0.492. The van der Waals surface area contributed by atoms with Gasteiger partial charge in [-0.2, -0.15) is 13.2 Å². The number of rotatable bonds is 2. The van der Waals surface area contributed by atoms with Crippen molar-refractivity contribution >= 4 is 22.5 Å². The molecule has 1 N–H and O–H groups in total. The smallest absolute Gasteiger partial charge is 0.323 e. The highest BCUT2D eigenvalue weighted by Gasteiger charge is 2.33. The number of carbonyl (C=O) groups is 1. The highest BCUT2D eigenvalue weighted by Crippen LogP contribution is 2.36. The van der Waals surface area contributed by atoms with Crippen LogP contribution in [0.25, 0.3) is 22.0 Å². The van der Waals surface area contributed by atoms with Gasteiger partial charge in [-0.05, 0) is 35.7 Å². The molecule has 1 aromatic heterocycles. The van der Waals surface area contributed by atoms with E-state index in [0.717, 1.165) is 6.07 Å². The van der Waals surface area contributed by atoms with Crippen LogP contribution in [0.3, 0.4) is 0 Å². The molecule has 29 heavy (non-hydrogen) atoms. The number of anilines is 1. The Morgan fingerprint density at radius 2 is 1.79 bits per heavy atom. The van der Waals surface area contributed by atoms with Gasteiger partial charge in [0.2, 0.25) is 0 Å². The van der Waals surface area contributed by atoms with Crippen LogP contribution in [0, 0.1) is 0 Å². The Morgan fingerprint density at radius 3 is 2.55 bits per heavy atom. The molecule has 0 saturated carbocycles. The fraction of sp³-hybridized carbons (Fsp3) is 0.143. The molecule has 0 radical (unpaired) electrons.